The van der Waals surface area contributed by atoms with Gasteiger partial charge in [0.05, 0.1) is 0 Å². The second-order valence-corrected chi connectivity index (χ2v) is 16.9. The molecule has 0 atom stereocenters. The maximum atomic E-state index is 13.7. The number of nitrogens with one attached hydrogen (secondary N) is 2. The predicted molar refractivity (Wildman–Crippen MR) is 283 cm³/mol. The SMILES string of the molecule is O=C(Nc1ccc2ccccc2c1-c1ccc(-c2ccc(-c3ccc(-c4c(NC(=O)c5ccc(-c6ccccc6)cc5)ccc5ccccc45)cc3)cc2)cc1)c1ccc(-c2ccccc2)cc1. The Hall–Kier alpha value is -9.12. The average molecular weight is 873 g/mol. The van der Waals surface area contributed by atoms with Gasteiger partial charge in [-0.15, -0.1) is 0 Å². The molecule has 0 radical (unpaired) electrons. The van der Waals surface area contributed by atoms with Gasteiger partial charge in [0.25, 0.3) is 11.8 Å². The summed E-state index contributed by atoms with van der Waals surface area (Å²) in [7, 11) is 0. The van der Waals surface area contributed by atoms with E-state index in [-0.39, 0.29) is 11.8 Å². The summed E-state index contributed by atoms with van der Waals surface area (Å²) in [6.45, 7) is 0. The monoisotopic (exact) mass is 872 g/mol. The van der Waals surface area contributed by atoms with E-state index in [1.54, 1.807) is 0 Å². The zero-order chi connectivity index (χ0) is 45.8. The molecule has 0 aliphatic carbocycles. The third-order valence-corrected chi connectivity index (χ3v) is 12.8. The normalized spacial score (nSPS) is 11.1. The number of carbonyl (C=O) groups excluding carboxylic acids is 2. The molecular formula is C64H44N2O2. The van der Waals surface area contributed by atoms with Crippen LogP contribution in [-0.2, 0) is 0 Å². The van der Waals surface area contributed by atoms with Crippen LogP contribution in [0.25, 0.3) is 88.3 Å². The van der Waals surface area contributed by atoms with Crippen molar-refractivity contribution in [2.75, 3.05) is 10.6 Å². The van der Waals surface area contributed by atoms with Crippen LogP contribution >= 0.6 is 0 Å². The van der Waals surface area contributed by atoms with Gasteiger partial charge < -0.3 is 10.6 Å². The molecule has 322 valence electrons. The van der Waals surface area contributed by atoms with Crippen molar-refractivity contribution >= 4 is 44.7 Å². The van der Waals surface area contributed by atoms with Gasteiger partial charge >= 0.3 is 0 Å². The van der Waals surface area contributed by atoms with E-state index in [1.807, 2.05) is 121 Å². The molecule has 0 bridgehead atoms. The lowest BCUT2D eigenvalue weighted by molar-refractivity contribution is 0.101. The molecule has 0 aromatic heterocycles. The number of amides is 2. The highest BCUT2D eigenvalue weighted by Crippen LogP contribution is 2.39. The second kappa shape index (κ2) is 18.4. The van der Waals surface area contributed by atoms with Crippen molar-refractivity contribution in [3.63, 3.8) is 0 Å². The first kappa shape index (κ1) is 41.6. The van der Waals surface area contributed by atoms with E-state index in [4.69, 9.17) is 0 Å². The molecular weight excluding hydrogens is 829 g/mol. The fourth-order valence-corrected chi connectivity index (χ4v) is 9.17. The maximum absolute atomic E-state index is 13.7. The lowest BCUT2D eigenvalue weighted by Gasteiger charge is -2.16. The van der Waals surface area contributed by atoms with Crippen molar-refractivity contribution in [3.05, 3.63) is 266 Å². The summed E-state index contributed by atoms with van der Waals surface area (Å²) in [5.74, 6) is -0.313. The first-order valence-corrected chi connectivity index (χ1v) is 22.8. The molecule has 0 fully saturated rings. The molecule has 4 heteroatoms. The van der Waals surface area contributed by atoms with Crippen LogP contribution in [0.3, 0.4) is 0 Å². The largest absolute Gasteiger partial charge is 0.321 e. The number of hydrogen-bond donors (Lipinski definition) is 2. The van der Waals surface area contributed by atoms with Gasteiger partial charge in [0, 0.05) is 33.6 Å². The average Bonchev–Trinajstić information content (AvgIpc) is 3.41. The number of benzene rings is 11. The molecule has 0 spiro atoms. The lowest BCUT2D eigenvalue weighted by Crippen LogP contribution is -2.12. The fourth-order valence-electron chi connectivity index (χ4n) is 9.17. The van der Waals surface area contributed by atoms with Crippen molar-refractivity contribution in [1.82, 2.24) is 0 Å². The van der Waals surface area contributed by atoms with Gasteiger partial charge in [-0.2, -0.15) is 0 Å². The Labute approximate surface area is 395 Å². The highest BCUT2D eigenvalue weighted by Gasteiger charge is 2.17. The van der Waals surface area contributed by atoms with Crippen LogP contribution in [-0.4, -0.2) is 11.8 Å². The van der Waals surface area contributed by atoms with Crippen LogP contribution in [0.4, 0.5) is 11.4 Å². The summed E-state index contributed by atoms with van der Waals surface area (Å²) < 4.78 is 0. The van der Waals surface area contributed by atoms with Crippen LogP contribution in [0, 0.1) is 0 Å². The number of rotatable bonds is 10. The van der Waals surface area contributed by atoms with Gasteiger partial charge in [-0.3, -0.25) is 9.59 Å². The van der Waals surface area contributed by atoms with E-state index in [0.717, 1.165) is 99.7 Å². The Morgan fingerprint density at radius 3 is 0.838 bits per heavy atom. The van der Waals surface area contributed by atoms with Crippen LogP contribution in [0.5, 0.6) is 0 Å². The summed E-state index contributed by atoms with van der Waals surface area (Å²) in [5, 5.41) is 10.8. The topological polar surface area (TPSA) is 58.2 Å². The standard InChI is InChI=1S/C64H44N2O2/c67-63(55-35-27-45(28-36-55)43-11-3-1-4-12-43)65-59-41-39-51-15-7-9-17-57(51)61(59)53-31-23-49(24-32-53)47-19-21-48(22-20-47)50-25-33-54(34-26-50)62-58-18-10-8-16-52(58)40-42-60(62)66-64(68)56-37-29-46(30-38-56)44-13-5-2-6-14-44/h1-42H,(H,65,67)(H,66,68). The summed E-state index contributed by atoms with van der Waals surface area (Å²) in [5.41, 5.74) is 15.5. The minimum absolute atomic E-state index is 0.156. The molecule has 4 nitrogen and oxygen atoms in total. The molecule has 2 amide bonds. The van der Waals surface area contributed by atoms with E-state index in [9.17, 15) is 9.59 Å². The second-order valence-electron chi connectivity index (χ2n) is 16.9. The van der Waals surface area contributed by atoms with Gasteiger partial charge in [-0.25, -0.2) is 0 Å². The van der Waals surface area contributed by atoms with E-state index < -0.39 is 0 Å². The summed E-state index contributed by atoms with van der Waals surface area (Å²) in [4.78, 5) is 27.4. The van der Waals surface area contributed by atoms with Gasteiger partial charge in [0.2, 0.25) is 0 Å². The number of carbonyl (C=O) groups is 2. The van der Waals surface area contributed by atoms with Gasteiger partial charge in [0.1, 0.15) is 0 Å². The highest BCUT2D eigenvalue weighted by atomic mass is 16.2. The van der Waals surface area contributed by atoms with Crippen molar-refractivity contribution in [2.24, 2.45) is 0 Å². The van der Waals surface area contributed by atoms with Gasteiger partial charge in [-0.1, -0.05) is 218 Å². The Morgan fingerprint density at radius 1 is 0.235 bits per heavy atom. The predicted octanol–water partition coefficient (Wildman–Crippen LogP) is 16.5. The first-order chi connectivity index (χ1) is 33.5. The molecule has 0 heterocycles. The molecule has 0 aliphatic heterocycles. The molecule has 0 unspecified atom stereocenters. The third kappa shape index (κ3) is 8.46. The lowest BCUT2D eigenvalue weighted by atomic mass is 9.93. The third-order valence-electron chi connectivity index (χ3n) is 12.8. The summed E-state index contributed by atoms with van der Waals surface area (Å²) in [6.07, 6.45) is 0. The van der Waals surface area contributed by atoms with Gasteiger partial charge in [0.15, 0.2) is 0 Å². The highest BCUT2D eigenvalue weighted by molar-refractivity contribution is 6.12. The smallest absolute Gasteiger partial charge is 0.255 e. The fraction of sp³-hybridized carbons (Fsp3) is 0. The van der Waals surface area contributed by atoms with E-state index >= 15 is 0 Å². The quantitative estimate of drug-likeness (QED) is 0.144. The van der Waals surface area contributed by atoms with Crippen LogP contribution in [0.1, 0.15) is 20.7 Å². The van der Waals surface area contributed by atoms with Gasteiger partial charge in [-0.05, 0) is 114 Å². The minimum atomic E-state index is -0.156. The molecule has 0 aliphatic rings. The van der Waals surface area contributed by atoms with E-state index in [1.165, 1.54) is 0 Å². The summed E-state index contributed by atoms with van der Waals surface area (Å²) in [6, 6.07) is 86.3. The van der Waals surface area contributed by atoms with Crippen LogP contribution < -0.4 is 10.6 Å². The minimum Gasteiger partial charge on any atom is -0.321 e. The Morgan fingerprint density at radius 2 is 0.500 bits per heavy atom. The van der Waals surface area contributed by atoms with Crippen molar-refractivity contribution in [1.29, 1.82) is 0 Å². The van der Waals surface area contributed by atoms with Crippen molar-refractivity contribution in [3.8, 4) is 66.8 Å². The Balaban J connectivity index is 0.821. The van der Waals surface area contributed by atoms with E-state index in [2.05, 4.69) is 144 Å². The van der Waals surface area contributed by atoms with Crippen LogP contribution in [0.15, 0.2) is 255 Å². The first-order valence-electron chi connectivity index (χ1n) is 22.8. The molecule has 11 aromatic rings. The molecule has 0 saturated heterocycles. The van der Waals surface area contributed by atoms with E-state index in [0.29, 0.717) is 11.1 Å². The number of hydrogen-bond acceptors (Lipinski definition) is 2. The maximum Gasteiger partial charge on any atom is 0.255 e. The number of fused-ring (bicyclic) bond motifs is 2. The van der Waals surface area contributed by atoms with Crippen LogP contribution in [0.2, 0.25) is 0 Å². The Kier molecular flexibility index (Phi) is 11.3. The zero-order valence-corrected chi connectivity index (χ0v) is 37.1. The molecule has 68 heavy (non-hydrogen) atoms. The van der Waals surface area contributed by atoms with Crippen molar-refractivity contribution < 1.29 is 9.59 Å². The van der Waals surface area contributed by atoms with Crippen molar-refractivity contribution in [2.45, 2.75) is 0 Å². The molecule has 0 saturated carbocycles. The molecule has 11 aromatic carbocycles. The zero-order valence-electron chi connectivity index (χ0n) is 37.1. The number of anilines is 2. The molecule has 2 N–H and O–H groups in total. The summed E-state index contributed by atoms with van der Waals surface area (Å²) >= 11 is 0. The Bertz CT molecular complexity index is 3340. The molecule has 11 rings (SSSR count).